The van der Waals surface area contributed by atoms with Gasteiger partial charge in [-0.05, 0) is 49.4 Å². The fourth-order valence-corrected chi connectivity index (χ4v) is 2.07. The van der Waals surface area contributed by atoms with E-state index in [1.165, 1.54) is 12.1 Å². The zero-order valence-corrected chi connectivity index (χ0v) is 13.7. The molecule has 2 aromatic carbocycles. The number of hydrogen-bond acceptors (Lipinski definition) is 3. The van der Waals surface area contributed by atoms with Crippen LogP contribution in [0.1, 0.15) is 6.92 Å². The van der Waals surface area contributed by atoms with Gasteiger partial charge in [0.05, 0.1) is 12.8 Å². The summed E-state index contributed by atoms with van der Waals surface area (Å²) in [4.78, 5) is 12.0. The highest BCUT2D eigenvalue weighted by Crippen LogP contribution is 2.21. The first kappa shape index (κ1) is 16.3. The van der Waals surface area contributed by atoms with Crippen molar-refractivity contribution in [2.75, 3.05) is 12.4 Å². The van der Waals surface area contributed by atoms with Gasteiger partial charge in [0.25, 0.3) is 5.91 Å². The van der Waals surface area contributed by atoms with Gasteiger partial charge in [0.1, 0.15) is 17.3 Å². The molecule has 6 heteroatoms. The molecule has 0 aliphatic rings. The molecule has 0 aliphatic carbocycles. The van der Waals surface area contributed by atoms with Crippen molar-refractivity contribution in [2.24, 2.45) is 0 Å². The van der Waals surface area contributed by atoms with Crippen LogP contribution in [0, 0.1) is 5.82 Å². The summed E-state index contributed by atoms with van der Waals surface area (Å²) in [6.45, 7) is 1.59. The lowest BCUT2D eigenvalue weighted by Crippen LogP contribution is -2.30. The molecule has 0 saturated carbocycles. The number of ether oxygens (including phenoxy) is 2. The monoisotopic (exact) mass is 367 g/mol. The lowest BCUT2D eigenvalue weighted by atomic mass is 10.2. The number of carbonyl (C=O) groups excluding carboxylic acids is 1. The molecule has 0 saturated heterocycles. The van der Waals surface area contributed by atoms with Crippen molar-refractivity contribution in [2.45, 2.75) is 13.0 Å². The second-order valence-electron chi connectivity index (χ2n) is 4.55. The summed E-state index contributed by atoms with van der Waals surface area (Å²) in [5.41, 5.74) is 0.110. The number of nitrogens with one attached hydrogen (secondary N) is 1. The van der Waals surface area contributed by atoms with Gasteiger partial charge in [-0.1, -0.05) is 15.9 Å². The topological polar surface area (TPSA) is 47.6 Å². The third-order valence-electron chi connectivity index (χ3n) is 2.93. The van der Waals surface area contributed by atoms with E-state index >= 15 is 0 Å². The average molecular weight is 368 g/mol. The molecule has 0 unspecified atom stereocenters. The van der Waals surface area contributed by atoms with Gasteiger partial charge >= 0.3 is 0 Å². The first-order valence-corrected chi connectivity index (χ1v) is 7.35. The van der Waals surface area contributed by atoms with E-state index in [0.717, 1.165) is 0 Å². The van der Waals surface area contributed by atoms with Crippen molar-refractivity contribution < 1.29 is 18.7 Å². The van der Waals surface area contributed by atoms with E-state index in [9.17, 15) is 9.18 Å². The molecule has 4 nitrogen and oxygen atoms in total. The lowest BCUT2D eigenvalue weighted by Gasteiger charge is -2.15. The van der Waals surface area contributed by atoms with Crippen LogP contribution < -0.4 is 14.8 Å². The molecule has 116 valence electrons. The summed E-state index contributed by atoms with van der Waals surface area (Å²) in [7, 11) is 1.57. The van der Waals surface area contributed by atoms with Crippen molar-refractivity contribution >= 4 is 27.5 Å². The first-order chi connectivity index (χ1) is 10.5. The second kappa shape index (κ2) is 7.26. The standard InChI is InChI=1S/C16H15BrFNO3/c1-10(22-13-6-4-12(21-2)5-7-13)16(20)19-15-8-3-11(17)9-14(15)18/h3-10H,1-2H3,(H,19,20)/t10-/m0/s1. The number of anilines is 1. The lowest BCUT2D eigenvalue weighted by molar-refractivity contribution is -0.122. The molecule has 2 rings (SSSR count). The molecule has 0 heterocycles. The zero-order valence-electron chi connectivity index (χ0n) is 12.1. The Morgan fingerprint density at radius 3 is 2.41 bits per heavy atom. The molecule has 0 bridgehead atoms. The third-order valence-corrected chi connectivity index (χ3v) is 3.42. The zero-order chi connectivity index (χ0) is 16.1. The molecule has 0 aromatic heterocycles. The molecule has 1 amide bonds. The first-order valence-electron chi connectivity index (χ1n) is 6.56. The minimum Gasteiger partial charge on any atom is -0.497 e. The Morgan fingerprint density at radius 1 is 1.18 bits per heavy atom. The summed E-state index contributed by atoms with van der Waals surface area (Å²) in [5, 5.41) is 2.50. The Morgan fingerprint density at radius 2 is 1.82 bits per heavy atom. The Hall–Kier alpha value is -2.08. The Bertz CT molecular complexity index is 661. The van der Waals surface area contributed by atoms with E-state index < -0.39 is 17.8 Å². The summed E-state index contributed by atoms with van der Waals surface area (Å²) in [6.07, 6.45) is -0.767. The number of benzene rings is 2. The summed E-state index contributed by atoms with van der Waals surface area (Å²) in [6, 6.07) is 11.3. The van der Waals surface area contributed by atoms with Crippen LogP contribution in [0.5, 0.6) is 11.5 Å². The molecular weight excluding hydrogens is 353 g/mol. The molecule has 2 aromatic rings. The predicted octanol–water partition coefficient (Wildman–Crippen LogP) is 4.00. The van der Waals surface area contributed by atoms with Crippen LogP contribution in [0.2, 0.25) is 0 Å². The SMILES string of the molecule is COc1ccc(O[C@@H](C)C(=O)Nc2ccc(Br)cc2F)cc1. The van der Waals surface area contributed by atoms with Crippen LogP contribution in [0.15, 0.2) is 46.9 Å². The Kier molecular flexibility index (Phi) is 5.38. The highest BCUT2D eigenvalue weighted by molar-refractivity contribution is 9.10. The molecular formula is C16H15BrFNO3. The van der Waals surface area contributed by atoms with Crippen molar-refractivity contribution in [3.05, 3.63) is 52.8 Å². The molecule has 0 fully saturated rings. The summed E-state index contributed by atoms with van der Waals surface area (Å²) < 4.78 is 24.8. The van der Waals surface area contributed by atoms with Crippen LogP contribution in [0.3, 0.4) is 0 Å². The van der Waals surface area contributed by atoms with Gasteiger partial charge in [-0.3, -0.25) is 4.79 Å². The van der Waals surface area contributed by atoms with E-state index in [2.05, 4.69) is 21.2 Å². The van der Waals surface area contributed by atoms with E-state index in [4.69, 9.17) is 9.47 Å². The second-order valence-corrected chi connectivity index (χ2v) is 5.46. The van der Waals surface area contributed by atoms with Crippen molar-refractivity contribution in [3.8, 4) is 11.5 Å². The van der Waals surface area contributed by atoms with Crippen molar-refractivity contribution in [1.82, 2.24) is 0 Å². The highest BCUT2D eigenvalue weighted by atomic mass is 79.9. The average Bonchev–Trinajstić information content (AvgIpc) is 2.50. The van der Waals surface area contributed by atoms with Crippen LogP contribution in [0.25, 0.3) is 0 Å². The maximum Gasteiger partial charge on any atom is 0.265 e. The van der Waals surface area contributed by atoms with Gasteiger partial charge in [0.15, 0.2) is 6.10 Å². The van der Waals surface area contributed by atoms with E-state index in [1.54, 1.807) is 44.4 Å². The smallest absolute Gasteiger partial charge is 0.265 e. The van der Waals surface area contributed by atoms with Gasteiger partial charge in [-0.15, -0.1) is 0 Å². The molecule has 22 heavy (non-hydrogen) atoms. The largest absolute Gasteiger partial charge is 0.497 e. The number of methoxy groups -OCH3 is 1. The molecule has 1 atom stereocenters. The maximum atomic E-state index is 13.7. The van der Waals surface area contributed by atoms with E-state index in [-0.39, 0.29) is 5.69 Å². The minimum atomic E-state index is -0.767. The normalized spacial score (nSPS) is 11.6. The number of halogens is 2. The fourth-order valence-electron chi connectivity index (χ4n) is 1.74. The maximum absolute atomic E-state index is 13.7. The fraction of sp³-hybridized carbons (Fsp3) is 0.188. The van der Waals surface area contributed by atoms with Crippen LogP contribution in [-0.2, 0) is 4.79 Å². The van der Waals surface area contributed by atoms with Gasteiger partial charge < -0.3 is 14.8 Å². The van der Waals surface area contributed by atoms with Crippen LogP contribution in [0.4, 0.5) is 10.1 Å². The highest BCUT2D eigenvalue weighted by Gasteiger charge is 2.16. The number of hydrogen-bond donors (Lipinski definition) is 1. The molecule has 1 N–H and O–H groups in total. The van der Waals surface area contributed by atoms with Crippen LogP contribution in [-0.4, -0.2) is 19.1 Å². The number of carbonyl (C=O) groups is 1. The third kappa shape index (κ3) is 4.21. The summed E-state index contributed by atoms with van der Waals surface area (Å²) in [5.74, 6) is 0.275. The molecule has 0 radical (unpaired) electrons. The molecule has 0 aliphatic heterocycles. The number of amides is 1. The quantitative estimate of drug-likeness (QED) is 0.868. The van der Waals surface area contributed by atoms with Crippen LogP contribution >= 0.6 is 15.9 Å². The van der Waals surface area contributed by atoms with Gasteiger partial charge in [-0.25, -0.2) is 4.39 Å². The van der Waals surface area contributed by atoms with Gasteiger partial charge in [0.2, 0.25) is 0 Å². The van der Waals surface area contributed by atoms with Gasteiger partial charge in [0, 0.05) is 4.47 Å². The van der Waals surface area contributed by atoms with E-state index in [0.29, 0.717) is 16.0 Å². The molecule has 0 spiro atoms. The van der Waals surface area contributed by atoms with Crippen molar-refractivity contribution in [3.63, 3.8) is 0 Å². The van der Waals surface area contributed by atoms with Gasteiger partial charge in [-0.2, -0.15) is 0 Å². The Balaban J connectivity index is 1.99. The Labute approximate surface area is 136 Å². The van der Waals surface area contributed by atoms with Crippen molar-refractivity contribution in [1.29, 1.82) is 0 Å². The summed E-state index contributed by atoms with van der Waals surface area (Å²) >= 11 is 3.16. The predicted molar refractivity (Wildman–Crippen MR) is 85.8 cm³/mol. The minimum absolute atomic E-state index is 0.110. The number of rotatable bonds is 5. The van der Waals surface area contributed by atoms with E-state index in [1.807, 2.05) is 0 Å².